The van der Waals surface area contributed by atoms with E-state index in [0.717, 1.165) is 71.9 Å². The molecule has 0 aliphatic rings. The van der Waals surface area contributed by atoms with Crippen molar-refractivity contribution in [2.24, 2.45) is 0 Å². The Morgan fingerprint density at radius 1 is 0.750 bits per heavy atom. The molecule has 0 atom stereocenters. The zero-order valence-electron chi connectivity index (χ0n) is 23.3. The van der Waals surface area contributed by atoms with Crippen molar-refractivity contribution >= 4 is 15.9 Å². The van der Waals surface area contributed by atoms with E-state index in [2.05, 4.69) is 135 Å². The van der Waals surface area contributed by atoms with Crippen molar-refractivity contribution in [1.82, 2.24) is 14.5 Å². The van der Waals surface area contributed by atoms with E-state index in [1.165, 1.54) is 16.8 Å². The molecule has 0 fully saturated rings. The SMILES string of the molecule is CCCCn1c(-c2ccccc2)nc(-c2ccccc2)c1CN(Cc1ccccc1)Cc1ccc(OC)c(Br)c1. The molecule has 0 N–H and O–H groups in total. The molecular weight excluding hydrogens is 558 g/mol. The lowest BCUT2D eigenvalue weighted by molar-refractivity contribution is 0.241. The largest absolute Gasteiger partial charge is 0.496 e. The number of hydrogen-bond donors (Lipinski definition) is 0. The van der Waals surface area contributed by atoms with Crippen LogP contribution in [-0.4, -0.2) is 21.6 Å². The first kappa shape index (κ1) is 27.9. The summed E-state index contributed by atoms with van der Waals surface area (Å²) in [5.41, 5.74) is 7.13. The highest BCUT2D eigenvalue weighted by Crippen LogP contribution is 2.32. The number of hydrogen-bond acceptors (Lipinski definition) is 3. The minimum absolute atomic E-state index is 0.770. The van der Waals surface area contributed by atoms with Gasteiger partial charge in [-0.1, -0.05) is 110 Å². The maximum Gasteiger partial charge on any atom is 0.140 e. The number of ether oxygens (including phenoxy) is 1. The van der Waals surface area contributed by atoms with E-state index in [-0.39, 0.29) is 0 Å². The summed E-state index contributed by atoms with van der Waals surface area (Å²) in [6.07, 6.45) is 2.22. The van der Waals surface area contributed by atoms with Crippen LogP contribution in [0, 0.1) is 0 Å². The first-order valence-electron chi connectivity index (χ1n) is 13.9. The zero-order valence-corrected chi connectivity index (χ0v) is 24.8. The Balaban J connectivity index is 1.60. The van der Waals surface area contributed by atoms with Gasteiger partial charge in [0.15, 0.2) is 0 Å². The molecule has 204 valence electrons. The van der Waals surface area contributed by atoms with Gasteiger partial charge in [0, 0.05) is 37.3 Å². The summed E-state index contributed by atoms with van der Waals surface area (Å²) in [5.74, 6) is 1.88. The summed E-state index contributed by atoms with van der Waals surface area (Å²) in [4.78, 5) is 7.84. The van der Waals surface area contributed by atoms with Crippen LogP contribution in [0.15, 0.2) is 114 Å². The van der Waals surface area contributed by atoms with E-state index in [4.69, 9.17) is 9.72 Å². The molecular formula is C35H36BrN3O. The molecule has 1 heterocycles. The third-order valence-electron chi connectivity index (χ3n) is 7.13. The van der Waals surface area contributed by atoms with Gasteiger partial charge in [0.25, 0.3) is 0 Å². The molecule has 0 bridgehead atoms. The molecule has 0 unspecified atom stereocenters. The number of rotatable bonds is 12. The Hall–Kier alpha value is -3.67. The van der Waals surface area contributed by atoms with E-state index < -0.39 is 0 Å². The highest BCUT2D eigenvalue weighted by atomic mass is 79.9. The minimum atomic E-state index is 0.770. The van der Waals surface area contributed by atoms with Gasteiger partial charge >= 0.3 is 0 Å². The number of imidazole rings is 1. The molecule has 0 amide bonds. The zero-order chi connectivity index (χ0) is 27.7. The number of nitrogens with zero attached hydrogens (tertiary/aromatic N) is 3. The van der Waals surface area contributed by atoms with Gasteiger partial charge in [0.05, 0.1) is 23.0 Å². The topological polar surface area (TPSA) is 30.3 Å². The lowest BCUT2D eigenvalue weighted by atomic mass is 10.1. The minimum Gasteiger partial charge on any atom is -0.496 e. The molecule has 0 saturated heterocycles. The molecule has 1 aromatic heterocycles. The van der Waals surface area contributed by atoms with Gasteiger partial charge in [-0.05, 0) is 45.6 Å². The summed E-state index contributed by atoms with van der Waals surface area (Å²) in [7, 11) is 1.70. The van der Waals surface area contributed by atoms with Crippen LogP contribution in [0.1, 0.15) is 36.6 Å². The molecule has 0 spiro atoms. The van der Waals surface area contributed by atoms with E-state index in [9.17, 15) is 0 Å². The average Bonchev–Trinajstić information content (AvgIpc) is 3.35. The maximum absolute atomic E-state index is 5.49. The Morgan fingerprint density at radius 2 is 1.38 bits per heavy atom. The lowest BCUT2D eigenvalue weighted by Gasteiger charge is -2.25. The van der Waals surface area contributed by atoms with Gasteiger partial charge in [0.2, 0.25) is 0 Å². The van der Waals surface area contributed by atoms with Crippen LogP contribution in [0.3, 0.4) is 0 Å². The van der Waals surface area contributed by atoms with E-state index >= 15 is 0 Å². The van der Waals surface area contributed by atoms with E-state index in [1.54, 1.807) is 7.11 Å². The van der Waals surface area contributed by atoms with E-state index in [0.29, 0.717) is 0 Å². The van der Waals surface area contributed by atoms with Crippen LogP contribution in [-0.2, 0) is 26.2 Å². The van der Waals surface area contributed by atoms with Gasteiger partial charge in [-0.15, -0.1) is 0 Å². The predicted molar refractivity (Wildman–Crippen MR) is 168 cm³/mol. The smallest absolute Gasteiger partial charge is 0.140 e. The van der Waals surface area contributed by atoms with Crippen LogP contribution in [0.4, 0.5) is 0 Å². The number of aromatic nitrogens is 2. The van der Waals surface area contributed by atoms with Crippen molar-refractivity contribution in [3.05, 3.63) is 130 Å². The normalized spacial score (nSPS) is 11.2. The molecule has 5 heteroatoms. The second kappa shape index (κ2) is 13.6. The van der Waals surface area contributed by atoms with Crippen molar-refractivity contribution in [3.63, 3.8) is 0 Å². The van der Waals surface area contributed by atoms with Crippen LogP contribution in [0.2, 0.25) is 0 Å². The molecule has 5 rings (SSSR count). The Morgan fingerprint density at radius 3 is 2.00 bits per heavy atom. The highest BCUT2D eigenvalue weighted by molar-refractivity contribution is 9.10. The standard InChI is InChI=1S/C35H36BrN3O/c1-3-4-22-39-32(34(29-16-10-6-11-17-29)37-35(39)30-18-12-7-13-19-30)26-38(24-27-14-8-5-9-15-27)25-28-20-21-33(40-2)31(36)23-28/h5-21,23H,3-4,22,24-26H2,1-2H3. The molecule has 4 aromatic carbocycles. The van der Waals surface area contributed by atoms with Gasteiger partial charge in [-0.25, -0.2) is 4.98 Å². The van der Waals surface area contributed by atoms with Gasteiger partial charge in [-0.2, -0.15) is 0 Å². The fourth-order valence-electron chi connectivity index (χ4n) is 5.13. The summed E-state index contributed by atoms with van der Waals surface area (Å²) in [5, 5.41) is 0. The summed E-state index contributed by atoms with van der Waals surface area (Å²) in [6.45, 7) is 5.58. The first-order chi connectivity index (χ1) is 19.7. The van der Waals surface area contributed by atoms with Crippen LogP contribution >= 0.6 is 15.9 Å². The molecule has 4 nitrogen and oxygen atoms in total. The first-order valence-corrected chi connectivity index (χ1v) is 14.7. The average molecular weight is 595 g/mol. The fraction of sp³-hybridized carbons (Fsp3) is 0.229. The van der Waals surface area contributed by atoms with E-state index in [1.807, 2.05) is 6.07 Å². The third kappa shape index (κ3) is 6.72. The Bertz CT molecular complexity index is 1500. The van der Waals surface area contributed by atoms with Crippen LogP contribution in [0.5, 0.6) is 5.75 Å². The second-order valence-corrected chi connectivity index (χ2v) is 10.9. The van der Waals surface area contributed by atoms with Gasteiger partial charge in [-0.3, -0.25) is 4.90 Å². The number of unbranched alkanes of at least 4 members (excludes halogenated alkanes) is 1. The Kier molecular flexibility index (Phi) is 9.48. The van der Waals surface area contributed by atoms with Gasteiger partial charge < -0.3 is 9.30 Å². The number of benzene rings is 4. The molecule has 0 aliphatic heterocycles. The van der Waals surface area contributed by atoms with Gasteiger partial charge in [0.1, 0.15) is 11.6 Å². The quantitative estimate of drug-likeness (QED) is 0.144. The molecule has 0 radical (unpaired) electrons. The van der Waals surface area contributed by atoms with Crippen molar-refractivity contribution < 1.29 is 4.74 Å². The predicted octanol–water partition coefficient (Wildman–Crippen LogP) is 8.99. The van der Waals surface area contributed by atoms with Crippen molar-refractivity contribution in [3.8, 4) is 28.4 Å². The molecule has 0 saturated carbocycles. The lowest BCUT2D eigenvalue weighted by Crippen LogP contribution is -2.24. The molecule has 40 heavy (non-hydrogen) atoms. The summed E-state index contributed by atoms with van der Waals surface area (Å²) < 4.78 is 8.92. The fourth-order valence-corrected chi connectivity index (χ4v) is 5.71. The van der Waals surface area contributed by atoms with Crippen LogP contribution < -0.4 is 4.74 Å². The summed E-state index contributed by atoms with van der Waals surface area (Å²) in [6, 6.07) is 38.3. The Labute approximate surface area is 246 Å². The molecule has 5 aromatic rings. The number of halogens is 1. The number of methoxy groups -OCH3 is 1. The van der Waals surface area contributed by atoms with Crippen LogP contribution in [0.25, 0.3) is 22.6 Å². The highest BCUT2D eigenvalue weighted by Gasteiger charge is 2.22. The van der Waals surface area contributed by atoms with Crippen molar-refractivity contribution in [1.29, 1.82) is 0 Å². The maximum atomic E-state index is 5.49. The third-order valence-corrected chi connectivity index (χ3v) is 7.75. The summed E-state index contributed by atoms with van der Waals surface area (Å²) >= 11 is 3.68. The second-order valence-electron chi connectivity index (χ2n) is 10.1. The monoisotopic (exact) mass is 593 g/mol. The molecule has 0 aliphatic carbocycles. The van der Waals surface area contributed by atoms with Crippen molar-refractivity contribution in [2.75, 3.05) is 7.11 Å². The van der Waals surface area contributed by atoms with Crippen molar-refractivity contribution in [2.45, 2.75) is 45.9 Å².